The molecule has 0 aliphatic heterocycles. The third-order valence-electron chi connectivity index (χ3n) is 3.68. The van der Waals surface area contributed by atoms with Gasteiger partial charge in [0.1, 0.15) is 0 Å². The lowest BCUT2D eigenvalue weighted by molar-refractivity contribution is 0.0992. The van der Waals surface area contributed by atoms with E-state index in [9.17, 15) is 4.79 Å². The number of halogens is 1. The number of hydrogen-bond acceptors (Lipinski definition) is 1. The van der Waals surface area contributed by atoms with Crippen LogP contribution in [-0.4, -0.2) is 5.78 Å². The smallest absolute Gasteiger partial charge is 0.167 e. The molecule has 2 aromatic rings. The Bertz CT molecular complexity index is 648. The predicted octanol–water partition coefficient (Wildman–Crippen LogP) is 5.48. The molecule has 0 bridgehead atoms. The van der Waals surface area contributed by atoms with E-state index < -0.39 is 0 Å². The maximum atomic E-state index is 12.4. The number of rotatable bonds is 3. The van der Waals surface area contributed by atoms with Gasteiger partial charge in [-0.25, -0.2) is 0 Å². The first kappa shape index (κ1) is 16.0. The Morgan fingerprint density at radius 2 is 1.67 bits per heavy atom. The van der Waals surface area contributed by atoms with E-state index >= 15 is 0 Å². The van der Waals surface area contributed by atoms with Gasteiger partial charge in [-0.15, -0.1) is 0 Å². The van der Waals surface area contributed by atoms with E-state index in [2.05, 4.69) is 61.0 Å². The van der Waals surface area contributed by atoms with Gasteiger partial charge in [-0.3, -0.25) is 4.79 Å². The molecule has 0 spiro atoms. The molecule has 110 valence electrons. The zero-order chi connectivity index (χ0) is 15.6. The van der Waals surface area contributed by atoms with Crippen molar-refractivity contribution in [1.29, 1.82) is 0 Å². The number of carbonyl (C=O) groups excluding carboxylic acids is 1. The molecule has 0 N–H and O–H groups in total. The molecule has 0 amide bonds. The molecular formula is C19H21BrO. The SMILES string of the molecule is Cc1ccc(Br)cc1C(=O)Cc1ccc(C(C)(C)C)cc1. The van der Waals surface area contributed by atoms with Crippen molar-refractivity contribution in [3.05, 3.63) is 69.2 Å². The van der Waals surface area contributed by atoms with Gasteiger partial charge in [0.05, 0.1) is 0 Å². The van der Waals surface area contributed by atoms with Crippen LogP contribution in [0.1, 0.15) is 47.8 Å². The standard InChI is InChI=1S/C19H21BrO/c1-13-5-10-16(20)12-17(13)18(21)11-14-6-8-15(9-7-14)19(2,3)4/h5-10,12H,11H2,1-4H3. The molecule has 0 saturated carbocycles. The molecule has 1 nitrogen and oxygen atoms in total. The van der Waals surface area contributed by atoms with Gasteiger partial charge in [-0.2, -0.15) is 0 Å². The second kappa shape index (κ2) is 6.15. The fraction of sp³-hybridized carbons (Fsp3) is 0.316. The summed E-state index contributed by atoms with van der Waals surface area (Å²) in [7, 11) is 0. The molecule has 2 rings (SSSR count). The highest BCUT2D eigenvalue weighted by molar-refractivity contribution is 9.10. The molecule has 0 heterocycles. The van der Waals surface area contributed by atoms with Gasteiger partial charge in [0, 0.05) is 16.5 Å². The summed E-state index contributed by atoms with van der Waals surface area (Å²) in [5.41, 5.74) is 4.31. The third kappa shape index (κ3) is 4.04. The molecule has 0 unspecified atom stereocenters. The van der Waals surface area contributed by atoms with Crippen LogP contribution in [0.15, 0.2) is 46.9 Å². The Morgan fingerprint density at radius 3 is 2.24 bits per heavy atom. The van der Waals surface area contributed by atoms with Crippen molar-refractivity contribution >= 4 is 21.7 Å². The summed E-state index contributed by atoms with van der Waals surface area (Å²) in [6.07, 6.45) is 0.446. The molecule has 0 aliphatic rings. The van der Waals surface area contributed by atoms with Crippen LogP contribution in [0.5, 0.6) is 0 Å². The first-order valence-electron chi connectivity index (χ1n) is 7.16. The van der Waals surface area contributed by atoms with Crippen LogP contribution < -0.4 is 0 Å². The number of aryl methyl sites for hydroxylation is 1. The molecule has 0 aliphatic carbocycles. The summed E-state index contributed by atoms with van der Waals surface area (Å²) >= 11 is 3.43. The summed E-state index contributed by atoms with van der Waals surface area (Å²) in [5, 5.41) is 0. The van der Waals surface area contributed by atoms with Crippen LogP contribution >= 0.6 is 15.9 Å². The number of ketones is 1. The van der Waals surface area contributed by atoms with E-state index in [0.29, 0.717) is 6.42 Å². The van der Waals surface area contributed by atoms with E-state index in [1.54, 1.807) is 0 Å². The van der Waals surface area contributed by atoms with Crippen molar-refractivity contribution in [2.24, 2.45) is 0 Å². The lowest BCUT2D eigenvalue weighted by atomic mass is 9.86. The maximum Gasteiger partial charge on any atom is 0.167 e. The minimum absolute atomic E-state index is 0.142. The number of hydrogen-bond donors (Lipinski definition) is 0. The van der Waals surface area contributed by atoms with Crippen LogP contribution in [-0.2, 0) is 11.8 Å². The summed E-state index contributed by atoms with van der Waals surface area (Å²) in [6, 6.07) is 14.2. The van der Waals surface area contributed by atoms with Crippen LogP contribution in [0.25, 0.3) is 0 Å². The molecule has 2 aromatic carbocycles. The Labute approximate surface area is 135 Å². The van der Waals surface area contributed by atoms with E-state index in [-0.39, 0.29) is 11.2 Å². The first-order valence-corrected chi connectivity index (χ1v) is 7.95. The Morgan fingerprint density at radius 1 is 1.05 bits per heavy atom. The lowest BCUT2D eigenvalue weighted by Crippen LogP contribution is -2.11. The molecule has 0 aromatic heterocycles. The summed E-state index contributed by atoms with van der Waals surface area (Å²) in [4.78, 5) is 12.4. The summed E-state index contributed by atoms with van der Waals surface area (Å²) in [6.45, 7) is 8.55. The zero-order valence-corrected chi connectivity index (χ0v) is 14.6. The van der Waals surface area contributed by atoms with E-state index in [1.807, 2.05) is 25.1 Å². The number of carbonyl (C=O) groups is 1. The predicted molar refractivity (Wildman–Crippen MR) is 92.1 cm³/mol. The minimum Gasteiger partial charge on any atom is -0.294 e. The van der Waals surface area contributed by atoms with Crippen LogP contribution in [0, 0.1) is 6.92 Å². The second-order valence-corrected chi connectivity index (χ2v) is 7.42. The minimum atomic E-state index is 0.142. The highest BCUT2D eigenvalue weighted by atomic mass is 79.9. The maximum absolute atomic E-state index is 12.4. The van der Waals surface area contributed by atoms with Gasteiger partial charge in [0.15, 0.2) is 5.78 Å². The third-order valence-corrected chi connectivity index (χ3v) is 4.18. The molecule has 0 saturated heterocycles. The van der Waals surface area contributed by atoms with Crippen molar-refractivity contribution in [2.45, 2.75) is 39.5 Å². The van der Waals surface area contributed by atoms with Crippen LogP contribution in [0.3, 0.4) is 0 Å². The molecule has 2 heteroatoms. The summed E-state index contributed by atoms with van der Waals surface area (Å²) in [5.74, 6) is 0.164. The number of benzene rings is 2. The van der Waals surface area contributed by atoms with Crippen LogP contribution in [0.4, 0.5) is 0 Å². The normalized spacial score (nSPS) is 11.5. The van der Waals surface area contributed by atoms with Crippen molar-refractivity contribution < 1.29 is 4.79 Å². The largest absolute Gasteiger partial charge is 0.294 e. The number of Topliss-reactive ketones (excluding diaryl/α,β-unsaturated/α-hetero) is 1. The molecular weight excluding hydrogens is 324 g/mol. The van der Waals surface area contributed by atoms with E-state index in [4.69, 9.17) is 0 Å². The topological polar surface area (TPSA) is 17.1 Å². The van der Waals surface area contributed by atoms with Crippen molar-refractivity contribution in [2.75, 3.05) is 0 Å². The Kier molecular flexibility index (Phi) is 4.67. The first-order chi connectivity index (χ1) is 9.77. The fourth-order valence-electron chi connectivity index (χ4n) is 2.30. The monoisotopic (exact) mass is 344 g/mol. The van der Waals surface area contributed by atoms with E-state index in [0.717, 1.165) is 21.2 Å². The quantitative estimate of drug-likeness (QED) is 0.673. The van der Waals surface area contributed by atoms with Gasteiger partial charge in [0.25, 0.3) is 0 Å². The van der Waals surface area contributed by atoms with Crippen molar-refractivity contribution in [3.8, 4) is 0 Å². The van der Waals surface area contributed by atoms with Gasteiger partial charge < -0.3 is 0 Å². The van der Waals surface area contributed by atoms with Gasteiger partial charge in [0.2, 0.25) is 0 Å². The van der Waals surface area contributed by atoms with E-state index in [1.165, 1.54) is 5.56 Å². The molecule has 21 heavy (non-hydrogen) atoms. The molecule has 0 radical (unpaired) electrons. The average Bonchev–Trinajstić information content (AvgIpc) is 2.41. The average molecular weight is 345 g/mol. The van der Waals surface area contributed by atoms with Crippen molar-refractivity contribution in [3.63, 3.8) is 0 Å². The van der Waals surface area contributed by atoms with Gasteiger partial charge >= 0.3 is 0 Å². The summed E-state index contributed by atoms with van der Waals surface area (Å²) < 4.78 is 0.944. The zero-order valence-electron chi connectivity index (χ0n) is 13.0. The van der Waals surface area contributed by atoms with Gasteiger partial charge in [-0.05, 0) is 41.2 Å². The van der Waals surface area contributed by atoms with Gasteiger partial charge in [-0.1, -0.05) is 67.0 Å². The molecule has 0 fully saturated rings. The fourth-order valence-corrected chi connectivity index (χ4v) is 2.66. The Balaban J connectivity index is 2.18. The molecule has 0 atom stereocenters. The second-order valence-electron chi connectivity index (χ2n) is 6.51. The van der Waals surface area contributed by atoms with Crippen LogP contribution in [0.2, 0.25) is 0 Å². The lowest BCUT2D eigenvalue weighted by Gasteiger charge is -2.19. The Hall–Kier alpha value is -1.41. The van der Waals surface area contributed by atoms with Crippen molar-refractivity contribution in [1.82, 2.24) is 0 Å². The highest BCUT2D eigenvalue weighted by Crippen LogP contribution is 2.23. The highest BCUT2D eigenvalue weighted by Gasteiger charge is 2.14.